The van der Waals surface area contributed by atoms with Gasteiger partial charge >= 0.3 is 5.97 Å². The van der Waals surface area contributed by atoms with Crippen LogP contribution in [0.15, 0.2) is 84.5 Å². The molecule has 1 N–H and O–H groups in total. The normalized spacial score (nSPS) is 16.5. The molecule has 8 nitrogen and oxygen atoms in total. The summed E-state index contributed by atoms with van der Waals surface area (Å²) in [5.41, 5.74) is 0.806. The van der Waals surface area contributed by atoms with Crippen molar-refractivity contribution in [2.45, 2.75) is 6.04 Å². The van der Waals surface area contributed by atoms with Crippen LogP contribution in [0.4, 0.5) is 5.69 Å². The average molecular weight is 568 g/mol. The SMILES string of the molecule is COC(=O)/C=C/COc1cc(OC)ccc1N1C(=O)C(=O)C(=C(O)c2ccccc2Cl)C1c1ccc(Cl)cc1. The lowest BCUT2D eigenvalue weighted by molar-refractivity contribution is -0.134. The Morgan fingerprint density at radius 2 is 1.74 bits per heavy atom. The Morgan fingerprint density at radius 1 is 1.03 bits per heavy atom. The average Bonchev–Trinajstić information content (AvgIpc) is 3.20. The summed E-state index contributed by atoms with van der Waals surface area (Å²) < 4.78 is 15.8. The summed E-state index contributed by atoms with van der Waals surface area (Å²) in [7, 11) is 2.73. The summed E-state index contributed by atoms with van der Waals surface area (Å²) in [6, 6.07) is 16.7. The standard InChI is InChI=1S/C29H23Cl2NO7/c1-37-19-13-14-22(23(16-19)39-15-5-8-24(33)38-2)32-26(17-9-11-18(30)12-10-17)25(28(35)29(32)36)27(34)20-6-3-4-7-21(20)31/h3-14,16,26,34H,15H2,1-2H3/b8-5+,27-25?. The van der Waals surface area contributed by atoms with Crippen molar-refractivity contribution in [1.29, 1.82) is 0 Å². The third-order valence-corrected chi connectivity index (χ3v) is 6.56. The van der Waals surface area contributed by atoms with Gasteiger partial charge in [0.1, 0.15) is 23.9 Å². The Morgan fingerprint density at radius 3 is 2.41 bits per heavy atom. The van der Waals surface area contributed by atoms with E-state index < -0.39 is 29.5 Å². The van der Waals surface area contributed by atoms with Crippen molar-refractivity contribution < 1.29 is 33.7 Å². The quantitative estimate of drug-likeness (QED) is 0.160. The Balaban J connectivity index is 1.88. The third kappa shape index (κ3) is 5.77. The summed E-state index contributed by atoms with van der Waals surface area (Å²) >= 11 is 12.4. The zero-order chi connectivity index (χ0) is 28.1. The minimum absolute atomic E-state index is 0.0512. The highest BCUT2D eigenvalue weighted by Crippen LogP contribution is 2.46. The maximum absolute atomic E-state index is 13.6. The van der Waals surface area contributed by atoms with Crippen molar-refractivity contribution in [2.75, 3.05) is 25.7 Å². The number of hydrogen-bond acceptors (Lipinski definition) is 7. The first-order chi connectivity index (χ1) is 18.8. The van der Waals surface area contributed by atoms with Crippen molar-refractivity contribution in [3.8, 4) is 11.5 Å². The van der Waals surface area contributed by atoms with Crippen LogP contribution >= 0.6 is 23.2 Å². The number of amides is 1. The first kappa shape index (κ1) is 27.8. The van der Waals surface area contributed by atoms with Crippen molar-refractivity contribution in [1.82, 2.24) is 0 Å². The van der Waals surface area contributed by atoms with Crippen LogP contribution in [0.3, 0.4) is 0 Å². The summed E-state index contributed by atoms with van der Waals surface area (Å²) in [4.78, 5) is 39.7. The minimum Gasteiger partial charge on any atom is -0.507 e. The van der Waals surface area contributed by atoms with Gasteiger partial charge in [-0.1, -0.05) is 47.5 Å². The second-order valence-electron chi connectivity index (χ2n) is 8.27. The molecule has 0 radical (unpaired) electrons. The Hall–Kier alpha value is -4.27. The molecule has 4 rings (SSSR count). The van der Waals surface area contributed by atoms with Gasteiger partial charge in [0, 0.05) is 22.7 Å². The number of carbonyl (C=O) groups excluding carboxylic acids is 3. The lowest BCUT2D eigenvalue weighted by atomic mass is 9.95. The molecular formula is C29H23Cl2NO7. The number of rotatable bonds is 8. The molecule has 1 aliphatic rings. The number of esters is 1. The Bertz CT molecular complexity index is 1480. The van der Waals surface area contributed by atoms with Gasteiger partial charge in [-0.15, -0.1) is 0 Å². The molecule has 1 saturated heterocycles. The monoisotopic (exact) mass is 567 g/mol. The molecule has 10 heteroatoms. The van der Waals surface area contributed by atoms with E-state index in [-0.39, 0.29) is 34.2 Å². The predicted molar refractivity (Wildman–Crippen MR) is 147 cm³/mol. The van der Waals surface area contributed by atoms with E-state index >= 15 is 0 Å². The van der Waals surface area contributed by atoms with Crippen LogP contribution in [0, 0.1) is 0 Å². The first-order valence-electron chi connectivity index (χ1n) is 11.6. The van der Waals surface area contributed by atoms with Crippen LogP contribution < -0.4 is 14.4 Å². The maximum atomic E-state index is 13.6. The number of Topliss-reactive ketones (excluding diaryl/α,β-unsaturated/α-hetero) is 1. The molecule has 0 spiro atoms. The molecule has 1 amide bonds. The van der Waals surface area contributed by atoms with Crippen LogP contribution in [-0.4, -0.2) is 43.6 Å². The number of carbonyl (C=O) groups is 3. The van der Waals surface area contributed by atoms with Crippen molar-refractivity contribution >= 4 is 52.3 Å². The Labute approximate surface area is 234 Å². The predicted octanol–water partition coefficient (Wildman–Crippen LogP) is 5.74. The molecule has 200 valence electrons. The fourth-order valence-electron chi connectivity index (χ4n) is 4.13. The molecule has 1 aliphatic heterocycles. The van der Waals surface area contributed by atoms with Crippen LogP contribution in [0.5, 0.6) is 11.5 Å². The van der Waals surface area contributed by atoms with Gasteiger partial charge < -0.3 is 19.3 Å². The fraction of sp³-hybridized carbons (Fsp3) is 0.138. The molecule has 39 heavy (non-hydrogen) atoms. The largest absolute Gasteiger partial charge is 0.507 e. The highest BCUT2D eigenvalue weighted by atomic mass is 35.5. The zero-order valence-corrected chi connectivity index (χ0v) is 22.4. The molecule has 0 bridgehead atoms. The van der Waals surface area contributed by atoms with Crippen molar-refractivity contribution in [2.24, 2.45) is 0 Å². The minimum atomic E-state index is -1.04. The first-order valence-corrected chi connectivity index (χ1v) is 12.4. The summed E-state index contributed by atoms with van der Waals surface area (Å²) in [5.74, 6) is -2.14. The van der Waals surface area contributed by atoms with Gasteiger partial charge in [0.2, 0.25) is 0 Å². The van der Waals surface area contributed by atoms with E-state index in [1.54, 1.807) is 66.7 Å². The lowest BCUT2D eigenvalue weighted by Gasteiger charge is -2.27. The van der Waals surface area contributed by atoms with Gasteiger partial charge in [-0.05, 0) is 48.0 Å². The van der Waals surface area contributed by atoms with Gasteiger partial charge in [-0.2, -0.15) is 0 Å². The van der Waals surface area contributed by atoms with Crippen molar-refractivity contribution in [3.63, 3.8) is 0 Å². The number of benzene rings is 3. The highest BCUT2D eigenvalue weighted by Gasteiger charge is 2.48. The fourth-order valence-corrected chi connectivity index (χ4v) is 4.48. The van der Waals surface area contributed by atoms with E-state index in [4.69, 9.17) is 32.7 Å². The zero-order valence-electron chi connectivity index (χ0n) is 20.9. The third-order valence-electron chi connectivity index (χ3n) is 5.98. The number of halogens is 2. The van der Waals surface area contributed by atoms with Crippen LogP contribution in [0.25, 0.3) is 5.76 Å². The van der Waals surface area contributed by atoms with Crippen molar-refractivity contribution in [3.05, 3.63) is 106 Å². The van der Waals surface area contributed by atoms with Gasteiger partial charge in [0.15, 0.2) is 0 Å². The van der Waals surface area contributed by atoms with Gasteiger partial charge in [-0.3, -0.25) is 14.5 Å². The molecule has 1 heterocycles. The topological polar surface area (TPSA) is 102 Å². The molecule has 1 unspecified atom stereocenters. The molecule has 1 atom stereocenters. The molecule has 0 saturated carbocycles. The number of hydrogen-bond donors (Lipinski definition) is 1. The lowest BCUT2D eigenvalue weighted by Crippen LogP contribution is -2.30. The van der Waals surface area contributed by atoms with E-state index in [0.29, 0.717) is 16.3 Å². The summed E-state index contributed by atoms with van der Waals surface area (Å²) in [5, 5.41) is 12.0. The maximum Gasteiger partial charge on any atom is 0.330 e. The molecule has 0 aliphatic carbocycles. The van der Waals surface area contributed by atoms with E-state index in [1.165, 1.54) is 31.3 Å². The van der Waals surface area contributed by atoms with E-state index in [0.717, 1.165) is 0 Å². The second kappa shape index (κ2) is 12.1. The van der Waals surface area contributed by atoms with E-state index in [2.05, 4.69) is 4.74 Å². The number of aliphatic hydroxyl groups excluding tert-OH is 1. The van der Waals surface area contributed by atoms with Gasteiger partial charge in [0.25, 0.3) is 11.7 Å². The van der Waals surface area contributed by atoms with E-state index in [9.17, 15) is 19.5 Å². The molecule has 3 aromatic rings. The molecular weight excluding hydrogens is 545 g/mol. The van der Waals surface area contributed by atoms with E-state index in [1.807, 2.05) is 0 Å². The number of anilines is 1. The number of ether oxygens (including phenoxy) is 3. The Kier molecular flexibility index (Phi) is 8.59. The molecule has 1 fully saturated rings. The van der Waals surface area contributed by atoms with Gasteiger partial charge in [0.05, 0.1) is 36.5 Å². The number of ketones is 1. The van der Waals surface area contributed by atoms with Crippen LogP contribution in [0.1, 0.15) is 17.2 Å². The van der Waals surface area contributed by atoms with Crippen LogP contribution in [0.2, 0.25) is 10.0 Å². The molecule has 0 aromatic heterocycles. The summed E-state index contributed by atoms with van der Waals surface area (Å²) in [6.07, 6.45) is 2.64. The smallest absolute Gasteiger partial charge is 0.330 e. The molecule has 3 aromatic carbocycles. The van der Waals surface area contributed by atoms with Crippen LogP contribution in [-0.2, 0) is 19.1 Å². The number of aliphatic hydroxyl groups is 1. The summed E-state index contributed by atoms with van der Waals surface area (Å²) in [6.45, 7) is -0.0512. The number of methoxy groups -OCH3 is 2. The second-order valence-corrected chi connectivity index (χ2v) is 9.11. The number of nitrogens with zero attached hydrogens (tertiary/aromatic N) is 1. The van der Waals surface area contributed by atoms with Gasteiger partial charge in [-0.25, -0.2) is 4.79 Å². The highest BCUT2D eigenvalue weighted by molar-refractivity contribution is 6.52.